The second-order valence-corrected chi connectivity index (χ2v) is 5.09. The normalized spacial score (nSPS) is 10.2. The van der Waals surface area contributed by atoms with Crippen molar-refractivity contribution in [2.45, 2.75) is 6.92 Å². The van der Waals surface area contributed by atoms with Crippen LogP contribution >= 0.6 is 11.3 Å². The SMILES string of the molecule is COc1cc(C(=O)c2sccc2C)cc(OC)c1OC. The first kappa shape index (κ1) is 14.4. The van der Waals surface area contributed by atoms with Crippen LogP contribution in [-0.4, -0.2) is 27.1 Å². The van der Waals surface area contributed by atoms with Crippen LogP contribution in [0.25, 0.3) is 0 Å². The number of rotatable bonds is 5. The summed E-state index contributed by atoms with van der Waals surface area (Å²) in [5, 5.41) is 1.90. The molecule has 5 heteroatoms. The van der Waals surface area contributed by atoms with Crippen molar-refractivity contribution in [2.24, 2.45) is 0 Å². The predicted molar refractivity (Wildman–Crippen MR) is 78.6 cm³/mol. The van der Waals surface area contributed by atoms with Crippen molar-refractivity contribution >= 4 is 17.1 Å². The van der Waals surface area contributed by atoms with Gasteiger partial charge in [0.15, 0.2) is 11.5 Å². The molecule has 0 aliphatic rings. The molecule has 0 bridgehead atoms. The Morgan fingerprint density at radius 2 is 1.65 bits per heavy atom. The summed E-state index contributed by atoms with van der Waals surface area (Å²) in [6, 6.07) is 5.27. The van der Waals surface area contributed by atoms with E-state index in [9.17, 15) is 4.79 Å². The molecule has 106 valence electrons. The number of carbonyl (C=O) groups excluding carboxylic acids is 1. The quantitative estimate of drug-likeness (QED) is 0.793. The van der Waals surface area contributed by atoms with Crippen LogP contribution < -0.4 is 14.2 Å². The van der Waals surface area contributed by atoms with E-state index in [1.807, 2.05) is 18.4 Å². The van der Waals surface area contributed by atoms with Gasteiger partial charge in [-0.05, 0) is 36.1 Å². The Hall–Kier alpha value is -2.01. The van der Waals surface area contributed by atoms with Gasteiger partial charge >= 0.3 is 0 Å². The lowest BCUT2D eigenvalue weighted by Gasteiger charge is -2.13. The molecule has 2 rings (SSSR count). The molecule has 1 aromatic heterocycles. The van der Waals surface area contributed by atoms with Crippen molar-refractivity contribution in [3.63, 3.8) is 0 Å². The first-order valence-electron chi connectivity index (χ1n) is 6.01. The zero-order valence-electron chi connectivity index (χ0n) is 11.9. The fourth-order valence-electron chi connectivity index (χ4n) is 1.95. The molecule has 0 spiro atoms. The highest BCUT2D eigenvalue weighted by atomic mass is 32.1. The number of ether oxygens (including phenoxy) is 3. The molecule has 0 aliphatic carbocycles. The van der Waals surface area contributed by atoms with Gasteiger partial charge in [-0.15, -0.1) is 11.3 Å². The lowest BCUT2D eigenvalue weighted by molar-refractivity contribution is 0.104. The van der Waals surface area contributed by atoms with Gasteiger partial charge in [0, 0.05) is 5.56 Å². The van der Waals surface area contributed by atoms with Crippen molar-refractivity contribution in [1.82, 2.24) is 0 Å². The average molecular weight is 292 g/mol. The van der Waals surface area contributed by atoms with E-state index in [0.717, 1.165) is 10.4 Å². The highest BCUT2D eigenvalue weighted by Crippen LogP contribution is 2.39. The molecule has 0 amide bonds. The monoisotopic (exact) mass is 292 g/mol. The van der Waals surface area contributed by atoms with Crippen LogP contribution in [0.2, 0.25) is 0 Å². The molecule has 0 saturated heterocycles. The van der Waals surface area contributed by atoms with E-state index in [1.54, 1.807) is 12.1 Å². The van der Waals surface area contributed by atoms with Gasteiger partial charge in [0.1, 0.15) is 0 Å². The van der Waals surface area contributed by atoms with Crippen molar-refractivity contribution in [2.75, 3.05) is 21.3 Å². The van der Waals surface area contributed by atoms with Crippen LogP contribution in [0.1, 0.15) is 20.8 Å². The Balaban J connectivity index is 2.53. The molecule has 0 aliphatic heterocycles. The van der Waals surface area contributed by atoms with E-state index < -0.39 is 0 Å². The molecule has 4 nitrogen and oxygen atoms in total. The maximum absolute atomic E-state index is 12.5. The molecular formula is C15H16O4S. The van der Waals surface area contributed by atoms with Gasteiger partial charge in [-0.2, -0.15) is 0 Å². The van der Waals surface area contributed by atoms with Crippen molar-refractivity contribution < 1.29 is 19.0 Å². The van der Waals surface area contributed by atoms with Crippen LogP contribution in [0.5, 0.6) is 17.2 Å². The number of methoxy groups -OCH3 is 3. The fraction of sp³-hybridized carbons (Fsp3) is 0.267. The summed E-state index contributed by atoms with van der Waals surface area (Å²) in [5.74, 6) is 1.39. The molecule has 20 heavy (non-hydrogen) atoms. The van der Waals surface area contributed by atoms with Crippen LogP contribution in [0.4, 0.5) is 0 Å². The molecule has 0 fully saturated rings. The molecule has 0 unspecified atom stereocenters. The average Bonchev–Trinajstić information content (AvgIpc) is 2.90. The maximum atomic E-state index is 12.5. The van der Waals surface area contributed by atoms with Crippen molar-refractivity contribution in [3.05, 3.63) is 39.6 Å². The molecule has 0 N–H and O–H groups in total. The molecule has 2 aromatic rings. The topological polar surface area (TPSA) is 44.8 Å². The fourth-order valence-corrected chi connectivity index (χ4v) is 2.84. The van der Waals surface area contributed by atoms with E-state index >= 15 is 0 Å². The van der Waals surface area contributed by atoms with Crippen LogP contribution in [-0.2, 0) is 0 Å². The summed E-state index contributed by atoms with van der Waals surface area (Å²) in [6.07, 6.45) is 0. The maximum Gasteiger partial charge on any atom is 0.203 e. The van der Waals surface area contributed by atoms with Gasteiger partial charge in [0.25, 0.3) is 0 Å². The summed E-state index contributed by atoms with van der Waals surface area (Å²) in [7, 11) is 4.59. The molecule has 1 aromatic carbocycles. The summed E-state index contributed by atoms with van der Waals surface area (Å²) < 4.78 is 15.8. The van der Waals surface area contributed by atoms with Crippen molar-refractivity contribution in [3.8, 4) is 17.2 Å². The molecule has 1 heterocycles. The Bertz CT molecular complexity index is 606. The van der Waals surface area contributed by atoms with E-state index in [-0.39, 0.29) is 5.78 Å². The van der Waals surface area contributed by atoms with Gasteiger partial charge in [0.05, 0.1) is 26.2 Å². The highest BCUT2D eigenvalue weighted by Gasteiger charge is 2.19. The zero-order chi connectivity index (χ0) is 14.7. The van der Waals surface area contributed by atoms with E-state index in [1.165, 1.54) is 32.7 Å². The van der Waals surface area contributed by atoms with Crippen LogP contribution in [0.3, 0.4) is 0 Å². The first-order valence-corrected chi connectivity index (χ1v) is 6.89. The number of ketones is 1. The largest absolute Gasteiger partial charge is 0.493 e. The minimum Gasteiger partial charge on any atom is -0.493 e. The third-order valence-corrected chi connectivity index (χ3v) is 4.01. The smallest absolute Gasteiger partial charge is 0.203 e. The summed E-state index contributed by atoms with van der Waals surface area (Å²) in [4.78, 5) is 13.2. The minimum absolute atomic E-state index is 0.0447. The highest BCUT2D eigenvalue weighted by molar-refractivity contribution is 7.12. The predicted octanol–water partition coefficient (Wildman–Crippen LogP) is 3.31. The number of aryl methyl sites for hydroxylation is 1. The Morgan fingerprint density at radius 1 is 1.05 bits per heavy atom. The third-order valence-electron chi connectivity index (χ3n) is 3.00. The summed E-state index contributed by atoms with van der Waals surface area (Å²) in [5.41, 5.74) is 1.49. The van der Waals surface area contributed by atoms with Gasteiger partial charge in [-0.25, -0.2) is 0 Å². The van der Waals surface area contributed by atoms with Gasteiger partial charge in [0.2, 0.25) is 11.5 Å². The minimum atomic E-state index is -0.0447. The van der Waals surface area contributed by atoms with Gasteiger partial charge in [-0.1, -0.05) is 0 Å². The van der Waals surface area contributed by atoms with Gasteiger partial charge in [-0.3, -0.25) is 4.79 Å². The number of thiophene rings is 1. The molecule has 0 radical (unpaired) electrons. The Morgan fingerprint density at radius 3 is 2.05 bits per heavy atom. The van der Waals surface area contributed by atoms with E-state index in [0.29, 0.717) is 22.8 Å². The lowest BCUT2D eigenvalue weighted by Crippen LogP contribution is -2.03. The van der Waals surface area contributed by atoms with Crippen molar-refractivity contribution in [1.29, 1.82) is 0 Å². The van der Waals surface area contributed by atoms with Crippen LogP contribution in [0, 0.1) is 6.92 Å². The van der Waals surface area contributed by atoms with E-state index in [4.69, 9.17) is 14.2 Å². The second-order valence-electron chi connectivity index (χ2n) is 4.18. The molecule has 0 atom stereocenters. The molecule has 0 saturated carbocycles. The lowest BCUT2D eigenvalue weighted by atomic mass is 10.1. The summed E-state index contributed by atoms with van der Waals surface area (Å²) >= 11 is 1.43. The third kappa shape index (κ3) is 2.49. The first-order chi connectivity index (χ1) is 9.62. The number of hydrogen-bond acceptors (Lipinski definition) is 5. The number of benzene rings is 1. The number of hydrogen-bond donors (Lipinski definition) is 0. The Kier molecular flexibility index (Phi) is 4.29. The second kappa shape index (κ2) is 5.96. The number of carbonyl (C=O) groups is 1. The standard InChI is InChI=1S/C15H16O4S/c1-9-5-6-20-15(9)13(16)10-7-11(17-2)14(19-4)12(8-10)18-3/h5-8H,1-4H3. The van der Waals surface area contributed by atoms with Gasteiger partial charge < -0.3 is 14.2 Å². The van der Waals surface area contributed by atoms with Crippen LogP contribution in [0.15, 0.2) is 23.6 Å². The van der Waals surface area contributed by atoms with E-state index in [2.05, 4.69) is 0 Å². The Labute approximate surface area is 121 Å². The molecular weight excluding hydrogens is 276 g/mol. The zero-order valence-corrected chi connectivity index (χ0v) is 12.7. The summed E-state index contributed by atoms with van der Waals surface area (Å²) in [6.45, 7) is 1.92.